The lowest BCUT2D eigenvalue weighted by Crippen LogP contribution is -2.58. The molecule has 0 aromatic carbocycles. The Bertz CT molecular complexity index is 577. The number of nitrogens with one attached hydrogen (secondary N) is 3. The van der Waals surface area contributed by atoms with Gasteiger partial charge in [-0.05, 0) is 38.1 Å². The van der Waals surface area contributed by atoms with Crippen molar-refractivity contribution in [3.8, 4) is 0 Å². The minimum Gasteiger partial charge on any atom is -0.480 e. The number of carboxylic acids is 1. The lowest BCUT2D eigenvalue weighted by atomic mass is 10.0. The van der Waals surface area contributed by atoms with Gasteiger partial charge in [0.1, 0.15) is 18.1 Å². The number of amides is 3. The van der Waals surface area contributed by atoms with Gasteiger partial charge in [-0.2, -0.15) is 12.6 Å². The first-order valence-corrected chi connectivity index (χ1v) is 10.5. The maximum absolute atomic E-state index is 12.7. The molecule has 0 fully saturated rings. The van der Waals surface area contributed by atoms with Gasteiger partial charge in [-0.15, -0.1) is 0 Å². The van der Waals surface area contributed by atoms with Crippen molar-refractivity contribution in [2.45, 2.75) is 63.7 Å². The van der Waals surface area contributed by atoms with Crippen LogP contribution in [0.25, 0.3) is 0 Å². The van der Waals surface area contributed by atoms with Gasteiger partial charge >= 0.3 is 5.97 Å². The van der Waals surface area contributed by atoms with Gasteiger partial charge in [-0.3, -0.25) is 14.4 Å². The number of carbonyl (C=O) groups excluding carboxylic acids is 3. The first-order chi connectivity index (χ1) is 14.1. The fraction of sp³-hybridized carbons (Fsp3) is 0.778. The van der Waals surface area contributed by atoms with E-state index in [4.69, 9.17) is 11.5 Å². The molecule has 0 saturated carbocycles. The highest BCUT2D eigenvalue weighted by atomic mass is 32.1. The van der Waals surface area contributed by atoms with Crippen LogP contribution in [0.15, 0.2) is 0 Å². The minimum atomic E-state index is -1.32. The molecule has 4 unspecified atom stereocenters. The number of carbonyl (C=O) groups is 4. The molecular formula is C18H35N5O6S. The number of thiol groups is 1. The molecule has 12 heteroatoms. The quantitative estimate of drug-likeness (QED) is 0.103. The van der Waals surface area contributed by atoms with Crippen molar-refractivity contribution in [1.82, 2.24) is 16.0 Å². The maximum atomic E-state index is 12.7. The molecule has 0 bridgehead atoms. The predicted molar refractivity (Wildman–Crippen MR) is 115 cm³/mol. The van der Waals surface area contributed by atoms with Crippen LogP contribution in [0.5, 0.6) is 0 Å². The van der Waals surface area contributed by atoms with Crippen LogP contribution in [-0.4, -0.2) is 77.0 Å². The second-order valence-corrected chi connectivity index (χ2v) is 7.77. The number of hydrogen-bond donors (Lipinski definition) is 8. The molecule has 174 valence electrons. The number of rotatable bonds is 15. The summed E-state index contributed by atoms with van der Waals surface area (Å²) >= 11 is 3.90. The van der Waals surface area contributed by atoms with Gasteiger partial charge < -0.3 is 37.6 Å². The van der Waals surface area contributed by atoms with Crippen molar-refractivity contribution in [3.05, 3.63) is 0 Å². The molecule has 0 aliphatic heterocycles. The van der Waals surface area contributed by atoms with E-state index in [9.17, 15) is 29.4 Å². The van der Waals surface area contributed by atoms with Gasteiger partial charge in [0.25, 0.3) is 0 Å². The summed E-state index contributed by atoms with van der Waals surface area (Å²) in [4.78, 5) is 48.4. The Balaban J connectivity index is 5.24. The minimum absolute atomic E-state index is 0.0294. The van der Waals surface area contributed by atoms with Gasteiger partial charge in [0, 0.05) is 5.75 Å². The molecule has 0 aliphatic rings. The SMILES string of the molecule is CC(C)CC(NC(=O)C(CCCCN)NC(=O)C(CO)NC(=O)C(N)CS)C(=O)O. The second-order valence-electron chi connectivity index (χ2n) is 7.41. The summed E-state index contributed by atoms with van der Waals surface area (Å²) in [6.45, 7) is 3.34. The Morgan fingerprint density at radius 2 is 1.47 bits per heavy atom. The number of aliphatic carboxylic acids is 1. The standard InChI is InChI=1S/C18H35N5O6S/c1-10(2)7-13(18(28)29)22-16(26)12(5-3-4-6-19)21-17(27)14(8-24)23-15(25)11(20)9-30/h10-14,24,30H,3-9,19-20H2,1-2H3,(H,21,27)(H,22,26)(H,23,25)(H,28,29). The number of aliphatic hydroxyl groups is 1. The summed E-state index contributed by atoms with van der Waals surface area (Å²) < 4.78 is 0. The molecule has 0 rings (SSSR count). The predicted octanol–water partition coefficient (Wildman–Crippen LogP) is -2.05. The van der Waals surface area contributed by atoms with E-state index in [2.05, 4.69) is 28.6 Å². The summed E-state index contributed by atoms with van der Waals surface area (Å²) in [5.74, 6) is -3.23. The fourth-order valence-corrected chi connectivity index (χ4v) is 2.72. The van der Waals surface area contributed by atoms with Crippen LogP contribution in [-0.2, 0) is 19.2 Å². The van der Waals surface area contributed by atoms with Gasteiger partial charge in [-0.1, -0.05) is 13.8 Å². The van der Waals surface area contributed by atoms with E-state index in [0.29, 0.717) is 19.4 Å². The highest BCUT2D eigenvalue weighted by Crippen LogP contribution is 2.07. The Labute approximate surface area is 182 Å². The second kappa shape index (κ2) is 15.0. The summed E-state index contributed by atoms with van der Waals surface area (Å²) in [6.07, 6.45) is 1.55. The van der Waals surface area contributed by atoms with E-state index >= 15 is 0 Å². The molecule has 0 spiro atoms. The zero-order chi connectivity index (χ0) is 23.3. The Hall–Kier alpha value is -1.89. The maximum Gasteiger partial charge on any atom is 0.326 e. The van der Waals surface area contributed by atoms with Crippen molar-refractivity contribution in [2.75, 3.05) is 18.9 Å². The Kier molecular flexibility index (Phi) is 14.0. The Morgan fingerprint density at radius 3 is 1.93 bits per heavy atom. The molecule has 0 aromatic rings. The fourth-order valence-electron chi connectivity index (χ4n) is 2.55. The van der Waals surface area contributed by atoms with E-state index in [0.717, 1.165) is 0 Å². The van der Waals surface area contributed by atoms with Crippen LogP contribution in [0.2, 0.25) is 0 Å². The van der Waals surface area contributed by atoms with Crippen LogP contribution >= 0.6 is 12.6 Å². The molecule has 30 heavy (non-hydrogen) atoms. The van der Waals surface area contributed by atoms with E-state index in [1.54, 1.807) is 0 Å². The van der Waals surface area contributed by atoms with Gasteiger partial charge in [0.2, 0.25) is 17.7 Å². The van der Waals surface area contributed by atoms with Gasteiger partial charge in [0.05, 0.1) is 12.6 Å². The van der Waals surface area contributed by atoms with Crippen LogP contribution in [0.1, 0.15) is 39.5 Å². The van der Waals surface area contributed by atoms with E-state index < -0.39 is 54.5 Å². The summed E-state index contributed by atoms with van der Waals surface area (Å²) in [5, 5.41) is 26.0. The lowest BCUT2D eigenvalue weighted by Gasteiger charge is -2.24. The van der Waals surface area contributed by atoms with Crippen LogP contribution < -0.4 is 27.4 Å². The number of aliphatic hydroxyl groups excluding tert-OH is 1. The molecular weight excluding hydrogens is 414 g/mol. The zero-order valence-electron chi connectivity index (χ0n) is 17.5. The van der Waals surface area contributed by atoms with E-state index in [1.807, 2.05) is 13.8 Å². The highest BCUT2D eigenvalue weighted by Gasteiger charge is 2.30. The summed E-state index contributed by atoms with van der Waals surface area (Å²) in [5.41, 5.74) is 11.0. The zero-order valence-corrected chi connectivity index (χ0v) is 18.4. The highest BCUT2D eigenvalue weighted by molar-refractivity contribution is 7.80. The normalized spacial score (nSPS) is 15.0. The number of unbranched alkanes of at least 4 members (excludes halogenated alkanes) is 1. The number of hydrogen-bond acceptors (Lipinski definition) is 8. The number of carboxylic acid groups (broad SMARTS) is 1. The third-order valence-corrected chi connectivity index (χ3v) is 4.64. The average molecular weight is 450 g/mol. The molecule has 0 heterocycles. The van der Waals surface area contributed by atoms with Gasteiger partial charge in [0.15, 0.2) is 0 Å². The van der Waals surface area contributed by atoms with E-state index in [-0.39, 0.29) is 24.5 Å². The Morgan fingerprint density at radius 1 is 0.933 bits per heavy atom. The molecule has 0 aromatic heterocycles. The third-order valence-electron chi connectivity index (χ3n) is 4.25. The first kappa shape index (κ1) is 28.1. The lowest BCUT2D eigenvalue weighted by molar-refractivity contribution is -0.143. The van der Waals surface area contributed by atoms with Crippen LogP contribution in [0, 0.1) is 5.92 Å². The smallest absolute Gasteiger partial charge is 0.326 e. The molecule has 0 radical (unpaired) electrons. The van der Waals surface area contributed by atoms with Crippen molar-refractivity contribution in [2.24, 2.45) is 17.4 Å². The topological polar surface area (TPSA) is 197 Å². The molecule has 4 atom stereocenters. The first-order valence-electron chi connectivity index (χ1n) is 9.88. The largest absolute Gasteiger partial charge is 0.480 e. The van der Waals surface area contributed by atoms with E-state index in [1.165, 1.54) is 0 Å². The van der Waals surface area contributed by atoms with Crippen molar-refractivity contribution in [3.63, 3.8) is 0 Å². The third kappa shape index (κ3) is 10.8. The number of nitrogens with two attached hydrogens (primary N) is 2. The summed E-state index contributed by atoms with van der Waals surface area (Å²) in [7, 11) is 0. The molecule has 3 amide bonds. The van der Waals surface area contributed by atoms with Crippen molar-refractivity contribution >= 4 is 36.3 Å². The monoisotopic (exact) mass is 449 g/mol. The molecule has 9 N–H and O–H groups in total. The van der Waals surface area contributed by atoms with Crippen molar-refractivity contribution < 1.29 is 29.4 Å². The van der Waals surface area contributed by atoms with Crippen LogP contribution in [0.3, 0.4) is 0 Å². The van der Waals surface area contributed by atoms with Crippen LogP contribution in [0.4, 0.5) is 0 Å². The van der Waals surface area contributed by atoms with Gasteiger partial charge in [-0.25, -0.2) is 4.79 Å². The molecule has 0 aliphatic carbocycles. The summed E-state index contributed by atoms with van der Waals surface area (Å²) in [6, 6.07) is -4.44. The van der Waals surface area contributed by atoms with Crippen molar-refractivity contribution in [1.29, 1.82) is 0 Å². The average Bonchev–Trinajstić information content (AvgIpc) is 2.69. The molecule has 11 nitrogen and oxygen atoms in total. The molecule has 0 saturated heterocycles.